The summed E-state index contributed by atoms with van der Waals surface area (Å²) in [6.45, 7) is 0. The molecule has 4 rings (SSSR count). The maximum atomic E-state index is 13.0. The fourth-order valence-corrected chi connectivity index (χ4v) is 6.10. The summed E-state index contributed by atoms with van der Waals surface area (Å²) < 4.78 is 0. The lowest BCUT2D eigenvalue weighted by Gasteiger charge is -2.38. The standard InChI is InChI=1S/C16H18BrNOS/c17-10-7-11-5-6-12(8-10)18(11)16(19)14-9-20-15-4-2-1-3-13(14)15/h1-4,10-12,14H,5-9H2. The molecule has 2 nitrogen and oxygen atoms in total. The summed E-state index contributed by atoms with van der Waals surface area (Å²) in [6, 6.07) is 9.36. The fourth-order valence-electron chi connectivity index (χ4n) is 4.02. The lowest BCUT2D eigenvalue weighted by atomic mass is 9.95. The Labute approximate surface area is 132 Å². The number of amides is 1. The number of thioether (sulfide) groups is 1. The molecule has 3 aliphatic heterocycles. The Balaban J connectivity index is 1.60. The summed E-state index contributed by atoms with van der Waals surface area (Å²) in [4.78, 5) is 17.2. The highest BCUT2D eigenvalue weighted by molar-refractivity contribution is 9.09. The number of rotatable bonds is 1. The van der Waals surface area contributed by atoms with Crippen LogP contribution < -0.4 is 0 Å². The van der Waals surface area contributed by atoms with Crippen LogP contribution >= 0.6 is 27.7 Å². The van der Waals surface area contributed by atoms with Crippen LogP contribution in [0, 0.1) is 0 Å². The van der Waals surface area contributed by atoms with Gasteiger partial charge in [-0.1, -0.05) is 34.1 Å². The van der Waals surface area contributed by atoms with E-state index in [1.807, 2.05) is 11.8 Å². The van der Waals surface area contributed by atoms with Crippen LogP contribution in [0.2, 0.25) is 0 Å². The van der Waals surface area contributed by atoms with Gasteiger partial charge in [0.05, 0.1) is 5.92 Å². The van der Waals surface area contributed by atoms with E-state index in [2.05, 4.69) is 45.1 Å². The third kappa shape index (κ3) is 2.03. The molecule has 3 atom stereocenters. The van der Waals surface area contributed by atoms with Gasteiger partial charge in [-0.05, 0) is 37.3 Å². The number of carbonyl (C=O) groups excluding carboxylic acids is 1. The largest absolute Gasteiger partial charge is 0.336 e. The molecular formula is C16H18BrNOS. The van der Waals surface area contributed by atoms with Crippen LogP contribution in [-0.4, -0.2) is 33.5 Å². The highest BCUT2D eigenvalue weighted by Crippen LogP contribution is 2.44. The molecule has 0 aliphatic carbocycles. The summed E-state index contributed by atoms with van der Waals surface area (Å²) in [5.41, 5.74) is 1.25. The molecule has 1 aromatic carbocycles. The monoisotopic (exact) mass is 351 g/mol. The normalized spacial score (nSPS) is 35.1. The van der Waals surface area contributed by atoms with E-state index in [9.17, 15) is 4.79 Å². The maximum absolute atomic E-state index is 13.0. The van der Waals surface area contributed by atoms with Crippen molar-refractivity contribution in [3.05, 3.63) is 29.8 Å². The van der Waals surface area contributed by atoms with Gasteiger partial charge in [-0.25, -0.2) is 0 Å². The Morgan fingerprint density at radius 1 is 1.20 bits per heavy atom. The Morgan fingerprint density at radius 3 is 2.65 bits per heavy atom. The lowest BCUT2D eigenvalue weighted by Crippen LogP contribution is -2.48. The summed E-state index contributed by atoms with van der Waals surface area (Å²) in [5, 5.41) is 0. The van der Waals surface area contributed by atoms with Crippen molar-refractivity contribution in [2.75, 3.05) is 5.75 Å². The van der Waals surface area contributed by atoms with E-state index in [0.29, 0.717) is 22.8 Å². The number of piperidine rings is 1. The third-order valence-corrected chi connectivity index (χ3v) is 6.86. The predicted molar refractivity (Wildman–Crippen MR) is 85.5 cm³/mol. The summed E-state index contributed by atoms with van der Waals surface area (Å²) >= 11 is 5.59. The molecule has 0 N–H and O–H groups in total. The minimum absolute atomic E-state index is 0.0891. The van der Waals surface area contributed by atoms with Gasteiger partial charge < -0.3 is 4.90 Å². The third-order valence-electron chi connectivity index (χ3n) is 4.93. The van der Waals surface area contributed by atoms with Crippen LogP contribution in [0.5, 0.6) is 0 Å². The molecule has 0 saturated carbocycles. The lowest BCUT2D eigenvalue weighted by molar-refractivity contribution is -0.136. The minimum Gasteiger partial charge on any atom is -0.336 e. The molecule has 20 heavy (non-hydrogen) atoms. The molecule has 2 bridgehead atoms. The number of alkyl halides is 1. The maximum Gasteiger partial charge on any atom is 0.231 e. The van der Waals surface area contributed by atoms with Gasteiger partial charge in [0.2, 0.25) is 5.91 Å². The highest BCUT2D eigenvalue weighted by atomic mass is 79.9. The SMILES string of the molecule is O=C(C1CSc2ccccc21)N1C2CCC1CC(Br)C2. The van der Waals surface area contributed by atoms with Crippen LogP contribution in [0.1, 0.15) is 37.2 Å². The fraction of sp³-hybridized carbons (Fsp3) is 0.562. The van der Waals surface area contributed by atoms with Crippen LogP contribution in [0.4, 0.5) is 0 Å². The predicted octanol–water partition coefficient (Wildman–Crippen LogP) is 3.79. The van der Waals surface area contributed by atoms with Gasteiger partial charge in [-0.2, -0.15) is 0 Å². The Bertz CT molecular complexity index is 535. The second-order valence-corrected chi connectivity index (χ2v) is 8.46. The molecule has 3 heterocycles. The van der Waals surface area contributed by atoms with Gasteiger partial charge in [-0.15, -0.1) is 11.8 Å². The van der Waals surface area contributed by atoms with Crippen LogP contribution in [0.15, 0.2) is 29.2 Å². The van der Waals surface area contributed by atoms with Crippen molar-refractivity contribution in [3.63, 3.8) is 0 Å². The summed E-state index contributed by atoms with van der Waals surface area (Å²) in [6.07, 6.45) is 4.65. The van der Waals surface area contributed by atoms with Gasteiger partial charge in [0.1, 0.15) is 0 Å². The second-order valence-electron chi connectivity index (χ2n) is 6.10. The first-order valence-electron chi connectivity index (χ1n) is 7.42. The zero-order chi connectivity index (χ0) is 13.7. The second kappa shape index (κ2) is 5.06. The molecule has 106 valence electrons. The minimum atomic E-state index is 0.0891. The number of hydrogen-bond donors (Lipinski definition) is 0. The first-order chi connectivity index (χ1) is 9.74. The Hall–Kier alpha value is -0.480. The van der Waals surface area contributed by atoms with E-state index in [1.165, 1.54) is 23.3 Å². The van der Waals surface area contributed by atoms with Crippen molar-refractivity contribution in [2.24, 2.45) is 0 Å². The van der Waals surface area contributed by atoms with Gasteiger partial charge in [0.25, 0.3) is 0 Å². The number of carbonyl (C=O) groups is 1. The molecule has 4 heteroatoms. The number of halogens is 1. The highest BCUT2D eigenvalue weighted by Gasteiger charge is 2.45. The van der Waals surface area contributed by atoms with Crippen molar-refractivity contribution in [1.29, 1.82) is 0 Å². The molecule has 0 radical (unpaired) electrons. The van der Waals surface area contributed by atoms with E-state index in [1.54, 1.807) is 0 Å². The molecule has 1 amide bonds. The Morgan fingerprint density at radius 2 is 1.90 bits per heavy atom. The zero-order valence-electron chi connectivity index (χ0n) is 11.3. The first-order valence-corrected chi connectivity index (χ1v) is 9.32. The first kappa shape index (κ1) is 13.2. The van der Waals surface area contributed by atoms with E-state index in [-0.39, 0.29) is 5.92 Å². The summed E-state index contributed by atoms with van der Waals surface area (Å²) in [7, 11) is 0. The van der Waals surface area contributed by atoms with Crippen LogP contribution in [0.3, 0.4) is 0 Å². The van der Waals surface area contributed by atoms with Gasteiger partial charge in [-0.3, -0.25) is 4.79 Å². The van der Waals surface area contributed by atoms with E-state index in [4.69, 9.17) is 0 Å². The van der Waals surface area contributed by atoms with Gasteiger partial charge in [0.15, 0.2) is 0 Å². The topological polar surface area (TPSA) is 20.3 Å². The molecule has 1 aromatic rings. The van der Waals surface area contributed by atoms with Gasteiger partial charge in [0, 0.05) is 27.6 Å². The summed E-state index contributed by atoms with van der Waals surface area (Å²) in [5.74, 6) is 1.40. The van der Waals surface area contributed by atoms with E-state index in [0.717, 1.165) is 18.6 Å². The molecule has 3 unspecified atom stereocenters. The number of benzene rings is 1. The van der Waals surface area contributed by atoms with Crippen molar-refractivity contribution in [2.45, 2.75) is 53.4 Å². The molecule has 2 fully saturated rings. The van der Waals surface area contributed by atoms with Crippen molar-refractivity contribution in [1.82, 2.24) is 4.90 Å². The number of hydrogen-bond acceptors (Lipinski definition) is 2. The van der Waals surface area contributed by atoms with Crippen molar-refractivity contribution < 1.29 is 4.79 Å². The molecular weight excluding hydrogens is 334 g/mol. The number of nitrogens with zero attached hydrogens (tertiary/aromatic N) is 1. The van der Waals surface area contributed by atoms with Crippen molar-refractivity contribution >= 4 is 33.6 Å². The Kier molecular flexibility index (Phi) is 3.34. The van der Waals surface area contributed by atoms with E-state index < -0.39 is 0 Å². The van der Waals surface area contributed by atoms with E-state index >= 15 is 0 Å². The average molecular weight is 352 g/mol. The van der Waals surface area contributed by atoms with Crippen LogP contribution in [-0.2, 0) is 4.79 Å². The average Bonchev–Trinajstić information content (AvgIpc) is 2.98. The zero-order valence-corrected chi connectivity index (χ0v) is 13.7. The molecule has 0 spiro atoms. The van der Waals surface area contributed by atoms with Crippen LogP contribution in [0.25, 0.3) is 0 Å². The number of fused-ring (bicyclic) bond motifs is 3. The molecule has 0 aromatic heterocycles. The quantitative estimate of drug-likeness (QED) is 0.717. The molecule has 2 saturated heterocycles. The molecule has 3 aliphatic rings. The van der Waals surface area contributed by atoms with Crippen molar-refractivity contribution in [3.8, 4) is 0 Å². The smallest absolute Gasteiger partial charge is 0.231 e. The van der Waals surface area contributed by atoms with Gasteiger partial charge >= 0.3 is 0 Å².